The number of halogens is 1. The third kappa shape index (κ3) is 2.93. The van der Waals surface area contributed by atoms with Crippen LogP contribution in [0.5, 0.6) is 0 Å². The molecular formula is C13H17ClN2O2. The minimum atomic E-state index is -0.466. The second-order valence-electron chi connectivity index (χ2n) is 4.90. The minimum absolute atomic E-state index is 0.0456. The first-order chi connectivity index (χ1) is 8.58. The van der Waals surface area contributed by atoms with Gasteiger partial charge in [-0.05, 0) is 37.8 Å². The maximum Gasteiger partial charge on any atom is 0.288 e. The van der Waals surface area contributed by atoms with Gasteiger partial charge in [-0.3, -0.25) is 10.1 Å². The Morgan fingerprint density at radius 1 is 1.44 bits per heavy atom. The van der Waals surface area contributed by atoms with Crippen molar-refractivity contribution in [3.63, 3.8) is 0 Å². The Labute approximate surface area is 111 Å². The van der Waals surface area contributed by atoms with Gasteiger partial charge in [0.15, 0.2) is 0 Å². The molecule has 0 amide bonds. The highest BCUT2D eigenvalue weighted by molar-refractivity contribution is 6.32. The molecule has 5 heteroatoms. The third-order valence-electron chi connectivity index (χ3n) is 3.65. The van der Waals surface area contributed by atoms with Crippen molar-refractivity contribution in [2.24, 2.45) is 5.92 Å². The molecule has 2 rings (SSSR count). The van der Waals surface area contributed by atoms with E-state index in [1.165, 1.54) is 31.7 Å². The van der Waals surface area contributed by atoms with Crippen molar-refractivity contribution in [2.75, 3.05) is 5.32 Å². The Morgan fingerprint density at radius 3 is 2.67 bits per heavy atom. The quantitative estimate of drug-likeness (QED) is 0.656. The lowest BCUT2D eigenvalue weighted by molar-refractivity contribution is -0.384. The number of nitrogens with zero attached hydrogens (tertiary/aromatic N) is 1. The zero-order chi connectivity index (χ0) is 13.1. The average molecular weight is 269 g/mol. The minimum Gasteiger partial charge on any atom is -0.382 e. The number of anilines is 1. The van der Waals surface area contributed by atoms with Crippen molar-refractivity contribution < 1.29 is 4.92 Å². The van der Waals surface area contributed by atoms with E-state index < -0.39 is 4.92 Å². The van der Waals surface area contributed by atoms with E-state index in [2.05, 4.69) is 12.2 Å². The highest BCUT2D eigenvalue weighted by Crippen LogP contribution is 2.31. The number of nitro benzene ring substituents is 1. The summed E-state index contributed by atoms with van der Waals surface area (Å²) in [4.78, 5) is 10.2. The van der Waals surface area contributed by atoms with Gasteiger partial charge in [-0.15, -0.1) is 0 Å². The molecule has 1 saturated carbocycles. The predicted molar refractivity (Wildman–Crippen MR) is 73.1 cm³/mol. The van der Waals surface area contributed by atoms with Gasteiger partial charge in [0.25, 0.3) is 5.69 Å². The summed E-state index contributed by atoms with van der Waals surface area (Å²) in [5.41, 5.74) is 0.806. The SMILES string of the molecule is CC(Nc1ccc([N+](=O)[O-])c(Cl)c1)C1CCCC1. The molecule has 1 N–H and O–H groups in total. The molecule has 1 aromatic rings. The summed E-state index contributed by atoms with van der Waals surface area (Å²) < 4.78 is 0. The van der Waals surface area contributed by atoms with E-state index in [0.29, 0.717) is 12.0 Å². The van der Waals surface area contributed by atoms with Crippen LogP contribution in [0.1, 0.15) is 32.6 Å². The zero-order valence-electron chi connectivity index (χ0n) is 10.4. The lowest BCUT2D eigenvalue weighted by atomic mass is 9.99. The van der Waals surface area contributed by atoms with Gasteiger partial charge >= 0.3 is 0 Å². The largest absolute Gasteiger partial charge is 0.382 e. The molecule has 0 heterocycles. The first-order valence-corrected chi connectivity index (χ1v) is 6.66. The zero-order valence-corrected chi connectivity index (χ0v) is 11.1. The van der Waals surface area contributed by atoms with E-state index in [1.807, 2.05) is 0 Å². The van der Waals surface area contributed by atoms with Gasteiger partial charge in [0.2, 0.25) is 0 Å². The van der Waals surface area contributed by atoms with Crippen molar-refractivity contribution in [1.82, 2.24) is 0 Å². The molecule has 0 spiro atoms. The Kier molecular flexibility index (Phi) is 4.07. The lowest BCUT2D eigenvalue weighted by Gasteiger charge is -2.21. The molecule has 0 saturated heterocycles. The summed E-state index contributed by atoms with van der Waals surface area (Å²) >= 11 is 5.89. The van der Waals surface area contributed by atoms with Gasteiger partial charge in [0, 0.05) is 17.8 Å². The molecule has 0 radical (unpaired) electrons. The number of rotatable bonds is 4. The van der Waals surface area contributed by atoms with Gasteiger partial charge in [0.1, 0.15) is 5.02 Å². The van der Waals surface area contributed by atoms with Gasteiger partial charge in [-0.1, -0.05) is 24.4 Å². The molecule has 1 aromatic carbocycles. The standard InChI is InChI=1S/C13H17ClN2O2/c1-9(10-4-2-3-5-10)15-11-6-7-13(16(17)18)12(14)8-11/h6-10,15H,2-5H2,1H3. The average Bonchev–Trinajstić information content (AvgIpc) is 2.81. The molecule has 4 nitrogen and oxygen atoms in total. The van der Waals surface area contributed by atoms with E-state index in [1.54, 1.807) is 12.1 Å². The highest BCUT2D eigenvalue weighted by Gasteiger charge is 2.21. The number of benzene rings is 1. The Bertz CT molecular complexity index is 445. The van der Waals surface area contributed by atoms with Crippen molar-refractivity contribution in [2.45, 2.75) is 38.6 Å². The van der Waals surface area contributed by atoms with Gasteiger partial charge in [-0.25, -0.2) is 0 Å². The molecule has 0 bridgehead atoms. The van der Waals surface area contributed by atoms with Crippen LogP contribution in [0.3, 0.4) is 0 Å². The van der Waals surface area contributed by atoms with Gasteiger partial charge < -0.3 is 5.32 Å². The maximum absolute atomic E-state index is 10.7. The molecule has 1 unspecified atom stereocenters. The van der Waals surface area contributed by atoms with Crippen LogP contribution < -0.4 is 5.32 Å². The van der Waals surface area contributed by atoms with Crippen LogP contribution in [0.2, 0.25) is 5.02 Å². The van der Waals surface area contributed by atoms with Crippen LogP contribution in [-0.4, -0.2) is 11.0 Å². The first kappa shape index (κ1) is 13.1. The molecule has 0 aromatic heterocycles. The fraction of sp³-hybridized carbons (Fsp3) is 0.538. The molecule has 1 atom stereocenters. The molecule has 0 aliphatic heterocycles. The van der Waals surface area contributed by atoms with E-state index in [9.17, 15) is 10.1 Å². The van der Waals surface area contributed by atoms with Crippen LogP contribution in [0.4, 0.5) is 11.4 Å². The highest BCUT2D eigenvalue weighted by atomic mass is 35.5. The first-order valence-electron chi connectivity index (χ1n) is 6.28. The summed E-state index contributed by atoms with van der Waals surface area (Å²) in [7, 11) is 0. The van der Waals surface area contributed by atoms with Crippen molar-refractivity contribution in [1.29, 1.82) is 0 Å². The number of hydrogen-bond donors (Lipinski definition) is 1. The van der Waals surface area contributed by atoms with Crippen LogP contribution in [0.15, 0.2) is 18.2 Å². The van der Waals surface area contributed by atoms with Crippen LogP contribution in [0, 0.1) is 16.0 Å². The summed E-state index contributed by atoms with van der Waals surface area (Å²) in [6, 6.07) is 5.18. The number of nitro groups is 1. The van der Waals surface area contributed by atoms with Gasteiger partial charge in [0.05, 0.1) is 4.92 Å². The fourth-order valence-corrected chi connectivity index (χ4v) is 2.83. The maximum atomic E-state index is 10.7. The Morgan fingerprint density at radius 2 is 2.11 bits per heavy atom. The second kappa shape index (κ2) is 5.57. The molecule has 1 fully saturated rings. The molecular weight excluding hydrogens is 252 g/mol. The van der Waals surface area contributed by atoms with Crippen LogP contribution in [0.25, 0.3) is 0 Å². The predicted octanol–water partition coefficient (Wildman–Crippen LogP) is 4.24. The normalized spacial score (nSPS) is 17.7. The van der Waals surface area contributed by atoms with E-state index in [4.69, 9.17) is 11.6 Å². The Hall–Kier alpha value is -1.29. The summed E-state index contributed by atoms with van der Waals surface area (Å²) in [6.45, 7) is 2.16. The molecule has 98 valence electrons. The number of hydrogen-bond acceptors (Lipinski definition) is 3. The van der Waals surface area contributed by atoms with Crippen molar-refractivity contribution in [3.05, 3.63) is 33.3 Å². The van der Waals surface area contributed by atoms with E-state index in [-0.39, 0.29) is 10.7 Å². The Balaban J connectivity index is 2.05. The van der Waals surface area contributed by atoms with Crippen LogP contribution >= 0.6 is 11.6 Å². The summed E-state index contributed by atoms with van der Waals surface area (Å²) in [5.74, 6) is 0.693. The van der Waals surface area contributed by atoms with Crippen LogP contribution in [-0.2, 0) is 0 Å². The topological polar surface area (TPSA) is 55.2 Å². The molecule has 1 aliphatic carbocycles. The van der Waals surface area contributed by atoms with Crippen molar-refractivity contribution >= 4 is 23.0 Å². The van der Waals surface area contributed by atoms with E-state index >= 15 is 0 Å². The van der Waals surface area contributed by atoms with E-state index in [0.717, 1.165) is 5.69 Å². The summed E-state index contributed by atoms with van der Waals surface area (Å²) in [6.07, 6.45) is 5.12. The smallest absolute Gasteiger partial charge is 0.288 e. The third-order valence-corrected chi connectivity index (χ3v) is 3.95. The molecule has 18 heavy (non-hydrogen) atoms. The van der Waals surface area contributed by atoms with Crippen molar-refractivity contribution in [3.8, 4) is 0 Å². The fourth-order valence-electron chi connectivity index (χ4n) is 2.58. The monoisotopic (exact) mass is 268 g/mol. The number of nitrogens with one attached hydrogen (secondary N) is 1. The second-order valence-corrected chi connectivity index (χ2v) is 5.31. The lowest BCUT2D eigenvalue weighted by Crippen LogP contribution is -2.23. The molecule has 1 aliphatic rings. The summed E-state index contributed by atoms with van der Waals surface area (Å²) in [5, 5.41) is 14.2. The van der Waals surface area contributed by atoms with Gasteiger partial charge in [-0.2, -0.15) is 0 Å².